The third-order valence-corrected chi connectivity index (χ3v) is 3.36. The summed E-state index contributed by atoms with van der Waals surface area (Å²) in [6.45, 7) is 7.07. The quantitative estimate of drug-likeness (QED) is 0.593. The molecule has 0 radical (unpaired) electrons. The lowest BCUT2D eigenvalue weighted by atomic mass is 10.0. The molecule has 0 bridgehead atoms. The van der Waals surface area contributed by atoms with Gasteiger partial charge in [0.2, 0.25) is 0 Å². The molecule has 0 aliphatic heterocycles. The highest BCUT2D eigenvalue weighted by Gasteiger charge is 2.28. The first kappa shape index (κ1) is 13.8. The van der Waals surface area contributed by atoms with Crippen molar-refractivity contribution in [3.05, 3.63) is 0 Å². The maximum atomic E-state index is 11.4. The summed E-state index contributed by atoms with van der Waals surface area (Å²) in [4.78, 5) is 0. The Labute approximate surface area is 86.1 Å². The summed E-state index contributed by atoms with van der Waals surface area (Å²) >= 11 is 0. The monoisotopic (exact) mass is 224 g/mol. The van der Waals surface area contributed by atoms with Gasteiger partial charge in [0.05, 0.1) is 11.6 Å². The third-order valence-electron chi connectivity index (χ3n) is 1.98. The maximum absolute atomic E-state index is 11.4. The number of rotatable bonds is 6. The lowest BCUT2D eigenvalue weighted by Gasteiger charge is -2.28. The first-order valence-corrected chi connectivity index (χ1v) is 6.16. The number of aliphatic hydroxyl groups is 1. The van der Waals surface area contributed by atoms with E-state index in [0.717, 1.165) is 6.42 Å². The van der Waals surface area contributed by atoms with Crippen LogP contribution in [0.25, 0.3) is 0 Å². The molecule has 0 heterocycles. The molecular formula is C8H20N2O3S. The van der Waals surface area contributed by atoms with Gasteiger partial charge in [0.15, 0.2) is 0 Å². The Hall–Kier alpha value is -0.170. The van der Waals surface area contributed by atoms with Crippen molar-refractivity contribution in [3.63, 3.8) is 0 Å². The Bertz CT molecular complexity index is 260. The number of hydrogen-bond acceptors (Lipinski definition) is 3. The van der Waals surface area contributed by atoms with Crippen LogP contribution >= 0.6 is 0 Å². The zero-order valence-electron chi connectivity index (χ0n) is 9.16. The molecule has 14 heavy (non-hydrogen) atoms. The summed E-state index contributed by atoms with van der Waals surface area (Å²) < 4.78 is 27.5. The second kappa shape index (κ2) is 5.06. The molecule has 5 nitrogen and oxygen atoms in total. The molecule has 0 spiro atoms. The molecular weight excluding hydrogens is 204 g/mol. The van der Waals surface area contributed by atoms with Gasteiger partial charge in [-0.15, -0.1) is 0 Å². The summed E-state index contributed by atoms with van der Waals surface area (Å²) in [7, 11) is -3.51. The molecule has 0 saturated carbocycles. The second-order valence-electron chi connectivity index (χ2n) is 3.90. The summed E-state index contributed by atoms with van der Waals surface area (Å²) in [5.41, 5.74) is -0.862. The number of nitrogens with one attached hydrogen (secondary N) is 2. The fourth-order valence-corrected chi connectivity index (χ4v) is 2.11. The average Bonchev–Trinajstić information content (AvgIpc) is 1.99. The van der Waals surface area contributed by atoms with Crippen molar-refractivity contribution in [2.75, 3.05) is 6.54 Å². The SMILES string of the molecule is CCCNS(=O)(=O)NC(C)(C)C(C)O. The van der Waals surface area contributed by atoms with Gasteiger partial charge >= 0.3 is 0 Å². The molecule has 86 valence electrons. The van der Waals surface area contributed by atoms with Gasteiger partial charge in [-0.2, -0.15) is 13.1 Å². The highest BCUT2D eigenvalue weighted by atomic mass is 32.2. The zero-order valence-corrected chi connectivity index (χ0v) is 9.98. The molecule has 0 aromatic rings. The van der Waals surface area contributed by atoms with Crippen molar-refractivity contribution >= 4 is 10.2 Å². The minimum Gasteiger partial charge on any atom is -0.391 e. The molecule has 3 N–H and O–H groups in total. The highest BCUT2D eigenvalue weighted by molar-refractivity contribution is 7.87. The molecule has 6 heteroatoms. The normalized spacial score (nSPS) is 15.5. The summed E-state index contributed by atoms with van der Waals surface area (Å²) in [6.07, 6.45) is -0.0172. The van der Waals surface area contributed by atoms with Gasteiger partial charge in [-0.3, -0.25) is 0 Å². The van der Waals surface area contributed by atoms with Gasteiger partial charge in [-0.25, -0.2) is 4.72 Å². The van der Waals surface area contributed by atoms with E-state index in [1.165, 1.54) is 0 Å². The smallest absolute Gasteiger partial charge is 0.277 e. The molecule has 0 fully saturated rings. The number of hydrogen-bond donors (Lipinski definition) is 3. The van der Waals surface area contributed by atoms with Gasteiger partial charge in [0.25, 0.3) is 10.2 Å². The van der Waals surface area contributed by atoms with Crippen LogP contribution < -0.4 is 9.44 Å². The Morgan fingerprint density at radius 1 is 1.43 bits per heavy atom. The van der Waals surface area contributed by atoms with Crippen LogP contribution in [0.1, 0.15) is 34.1 Å². The minimum absolute atomic E-state index is 0.394. The van der Waals surface area contributed by atoms with Crippen LogP contribution in [-0.4, -0.2) is 31.7 Å². The molecule has 0 aliphatic carbocycles. The van der Waals surface area contributed by atoms with Crippen molar-refractivity contribution in [3.8, 4) is 0 Å². The zero-order chi connectivity index (χ0) is 11.4. The van der Waals surface area contributed by atoms with E-state index in [-0.39, 0.29) is 0 Å². The van der Waals surface area contributed by atoms with Gasteiger partial charge in [-0.05, 0) is 27.2 Å². The molecule has 0 aliphatic rings. The van der Waals surface area contributed by atoms with Crippen LogP contribution in [-0.2, 0) is 10.2 Å². The van der Waals surface area contributed by atoms with Crippen LogP contribution in [0.15, 0.2) is 0 Å². The van der Waals surface area contributed by atoms with E-state index in [0.29, 0.717) is 6.54 Å². The number of aliphatic hydroxyl groups excluding tert-OH is 1. The lowest BCUT2D eigenvalue weighted by molar-refractivity contribution is 0.111. The topological polar surface area (TPSA) is 78.4 Å². The standard InChI is InChI=1S/C8H20N2O3S/c1-5-6-9-14(12,13)10-8(3,4)7(2)11/h7,9-11H,5-6H2,1-4H3. The van der Waals surface area contributed by atoms with Crippen LogP contribution in [0.3, 0.4) is 0 Å². The fourth-order valence-electron chi connectivity index (χ4n) is 0.704. The van der Waals surface area contributed by atoms with Gasteiger partial charge in [0.1, 0.15) is 0 Å². The van der Waals surface area contributed by atoms with Gasteiger partial charge < -0.3 is 5.11 Å². The predicted octanol–water partition coefficient (Wildman–Crippen LogP) is -0.0202. The van der Waals surface area contributed by atoms with Crippen LogP contribution in [0, 0.1) is 0 Å². The highest BCUT2D eigenvalue weighted by Crippen LogP contribution is 2.09. The van der Waals surface area contributed by atoms with E-state index in [4.69, 9.17) is 0 Å². The molecule has 1 unspecified atom stereocenters. The fraction of sp³-hybridized carbons (Fsp3) is 1.00. The summed E-state index contributed by atoms with van der Waals surface area (Å²) in [6, 6.07) is 0. The van der Waals surface area contributed by atoms with E-state index < -0.39 is 21.9 Å². The van der Waals surface area contributed by atoms with E-state index in [1.54, 1.807) is 20.8 Å². The van der Waals surface area contributed by atoms with Crippen molar-refractivity contribution in [2.24, 2.45) is 0 Å². The lowest BCUT2D eigenvalue weighted by Crippen LogP contribution is -2.54. The first-order valence-electron chi connectivity index (χ1n) is 4.68. The Morgan fingerprint density at radius 2 is 1.93 bits per heavy atom. The Balaban J connectivity index is 4.36. The predicted molar refractivity (Wildman–Crippen MR) is 56.1 cm³/mol. The molecule has 0 saturated heterocycles. The first-order chi connectivity index (χ1) is 6.21. The van der Waals surface area contributed by atoms with E-state index >= 15 is 0 Å². The van der Waals surface area contributed by atoms with Gasteiger partial charge in [0, 0.05) is 6.54 Å². The van der Waals surface area contributed by atoms with Crippen LogP contribution in [0.4, 0.5) is 0 Å². The van der Waals surface area contributed by atoms with E-state index in [9.17, 15) is 13.5 Å². The van der Waals surface area contributed by atoms with Crippen LogP contribution in [0.2, 0.25) is 0 Å². The molecule has 1 atom stereocenters. The van der Waals surface area contributed by atoms with Crippen LogP contribution in [0.5, 0.6) is 0 Å². The maximum Gasteiger partial charge on any atom is 0.277 e. The Kier molecular flexibility index (Phi) is 5.00. The summed E-state index contributed by atoms with van der Waals surface area (Å²) in [5, 5.41) is 9.31. The molecule has 0 aromatic heterocycles. The van der Waals surface area contributed by atoms with Crippen molar-refractivity contribution in [2.45, 2.75) is 45.8 Å². The summed E-state index contributed by atoms with van der Waals surface area (Å²) in [5.74, 6) is 0. The minimum atomic E-state index is -3.51. The molecule has 0 aromatic carbocycles. The third kappa shape index (κ3) is 4.90. The second-order valence-corrected chi connectivity index (χ2v) is 5.40. The molecule has 0 rings (SSSR count). The molecule has 0 amide bonds. The van der Waals surface area contributed by atoms with E-state index in [1.807, 2.05) is 6.92 Å². The van der Waals surface area contributed by atoms with Crippen molar-refractivity contribution in [1.29, 1.82) is 0 Å². The van der Waals surface area contributed by atoms with Crippen molar-refractivity contribution in [1.82, 2.24) is 9.44 Å². The largest absolute Gasteiger partial charge is 0.391 e. The van der Waals surface area contributed by atoms with Crippen molar-refractivity contribution < 1.29 is 13.5 Å². The van der Waals surface area contributed by atoms with Gasteiger partial charge in [-0.1, -0.05) is 6.92 Å². The average molecular weight is 224 g/mol. The van der Waals surface area contributed by atoms with E-state index in [2.05, 4.69) is 9.44 Å². The Morgan fingerprint density at radius 3 is 2.29 bits per heavy atom.